The van der Waals surface area contributed by atoms with E-state index in [1.165, 1.54) is 0 Å². The Hall–Kier alpha value is -0.350. The lowest BCUT2D eigenvalue weighted by molar-refractivity contribution is 0.265. The van der Waals surface area contributed by atoms with Crippen LogP contribution in [0.15, 0.2) is 12.1 Å². The van der Waals surface area contributed by atoms with E-state index in [1.54, 1.807) is 12.1 Å². The molecule has 0 spiro atoms. The number of pyridine rings is 1. The minimum absolute atomic E-state index is 0.0580. The summed E-state index contributed by atoms with van der Waals surface area (Å²) in [7, 11) is 0. The molecule has 1 rings (SSSR count). The summed E-state index contributed by atoms with van der Waals surface area (Å²) < 4.78 is 0. The van der Waals surface area contributed by atoms with E-state index >= 15 is 0 Å². The highest BCUT2D eigenvalue weighted by atomic mass is 35.5. The van der Waals surface area contributed by atoms with Crippen LogP contribution in [0.1, 0.15) is 5.56 Å². The highest BCUT2D eigenvalue weighted by Crippen LogP contribution is 2.15. The lowest BCUT2D eigenvalue weighted by Gasteiger charge is -2.07. The van der Waals surface area contributed by atoms with Gasteiger partial charge in [-0.1, -0.05) is 23.2 Å². The number of aliphatic hydroxyl groups is 1. The smallest absolute Gasteiger partial charge is 0.131 e. The molecule has 0 aliphatic carbocycles. The Morgan fingerprint density at radius 1 is 1.38 bits per heavy atom. The fourth-order valence-electron chi connectivity index (χ4n) is 0.999. The first-order valence-electron chi connectivity index (χ1n) is 3.80. The summed E-state index contributed by atoms with van der Waals surface area (Å²) in [5.74, 6) is 0. The first-order chi connectivity index (χ1) is 6.11. The minimum atomic E-state index is -0.283. The topological polar surface area (TPSA) is 59.1 Å². The Bertz CT molecular complexity index is 273. The van der Waals surface area contributed by atoms with Crippen molar-refractivity contribution in [3.05, 3.63) is 28.0 Å². The number of aromatic nitrogens is 1. The highest BCUT2D eigenvalue weighted by Gasteiger charge is 2.04. The molecule has 0 radical (unpaired) electrons. The predicted octanol–water partition coefficient (Wildman–Crippen LogP) is 1.25. The molecule has 1 heterocycles. The molecule has 1 aromatic heterocycles. The quantitative estimate of drug-likeness (QED) is 0.755. The summed E-state index contributed by atoms with van der Waals surface area (Å²) in [4.78, 5) is 3.79. The lowest BCUT2D eigenvalue weighted by atomic mass is 10.1. The highest BCUT2D eigenvalue weighted by molar-refractivity contribution is 6.32. The maximum Gasteiger partial charge on any atom is 0.131 e. The molecular formula is C8H10Cl2N2O. The molecule has 5 heteroatoms. The number of nitrogens with zero attached hydrogens (tertiary/aromatic N) is 1. The average Bonchev–Trinajstić information content (AvgIpc) is 2.02. The number of rotatable bonds is 3. The van der Waals surface area contributed by atoms with Crippen LogP contribution in [0.25, 0.3) is 0 Å². The summed E-state index contributed by atoms with van der Waals surface area (Å²) in [5, 5.41) is 9.41. The van der Waals surface area contributed by atoms with Gasteiger partial charge in [0, 0.05) is 6.04 Å². The Morgan fingerprint density at radius 2 is 1.92 bits per heavy atom. The molecule has 1 aromatic rings. The summed E-state index contributed by atoms with van der Waals surface area (Å²) in [5.41, 5.74) is 6.43. The van der Waals surface area contributed by atoms with Gasteiger partial charge in [-0.05, 0) is 24.1 Å². The largest absolute Gasteiger partial charge is 0.395 e. The lowest BCUT2D eigenvalue weighted by Crippen LogP contribution is -2.26. The van der Waals surface area contributed by atoms with Crippen molar-refractivity contribution in [3.63, 3.8) is 0 Å². The van der Waals surface area contributed by atoms with Gasteiger partial charge < -0.3 is 10.8 Å². The van der Waals surface area contributed by atoms with Gasteiger partial charge in [0.2, 0.25) is 0 Å². The van der Waals surface area contributed by atoms with Crippen LogP contribution in [0.4, 0.5) is 0 Å². The van der Waals surface area contributed by atoms with E-state index in [2.05, 4.69) is 4.98 Å². The van der Waals surface area contributed by atoms with Crippen molar-refractivity contribution in [2.45, 2.75) is 12.5 Å². The Morgan fingerprint density at radius 3 is 2.38 bits per heavy atom. The summed E-state index contributed by atoms with van der Waals surface area (Å²) >= 11 is 11.4. The predicted molar refractivity (Wildman–Crippen MR) is 53.0 cm³/mol. The molecule has 0 amide bonds. The Balaban J connectivity index is 2.77. The van der Waals surface area contributed by atoms with Crippen LogP contribution >= 0.6 is 23.2 Å². The standard InChI is InChI=1S/C8H10Cl2N2O/c9-7-2-5(1-6(11)4-13)3-8(10)12-7/h2-3,6,13H,1,4,11H2. The maximum atomic E-state index is 8.73. The van der Waals surface area contributed by atoms with Crippen molar-refractivity contribution in [2.75, 3.05) is 6.61 Å². The zero-order valence-corrected chi connectivity index (χ0v) is 8.39. The minimum Gasteiger partial charge on any atom is -0.395 e. The zero-order chi connectivity index (χ0) is 9.84. The average molecular weight is 221 g/mol. The third kappa shape index (κ3) is 3.48. The molecule has 1 atom stereocenters. The molecule has 0 aliphatic heterocycles. The van der Waals surface area contributed by atoms with Crippen LogP contribution in [0, 0.1) is 0 Å². The van der Waals surface area contributed by atoms with Crippen LogP contribution in [0.2, 0.25) is 10.3 Å². The van der Waals surface area contributed by atoms with E-state index in [9.17, 15) is 0 Å². The maximum absolute atomic E-state index is 8.73. The van der Waals surface area contributed by atoms with Crippen molar-refractivity contribution in [1.29, 1.82) is 0 Å². The molecule has 13 heavy (non-hydrogen) atoms. The monoisotopic (exact) mass is 220 g/mol. The number of hydrogen-bond acceptors (Lipinski definition) is 3. The van der Waals surface area contributed by atoms with Gasteiger partial charge in [0.15, 0.2) is 0 Å². The van der Waals surface area contributed by atoms with Gasteiger partial charge in [0.05, 0.1) is 6.61 Å². The number of nitrogens with two attached hydrogens (primary N) is 1. The van der Waals surface area contributed by atoms with Crippen molar-refractivity contribution >= 4 is 23.2 Å². The van der Waals surface area contributed by atoms with Gasteiger partial charge in [0.1, 0.15) is 10.3 Å². The second-order valence-electron chi connectivity index (χ2n) is 2.77. The summed E-state index contributed by atoms with van der Waals surface area (Å²) in [6.45, 7) is -0.0580. The van der Waals surface area contributed by atoms with Crippen LogP contribution in [-0.4, -0.2) is 22.7 Å². The van der Waals surface area contributed by atoms with Crippen molar-refractivity contribution in [3.8, 4) is 0 Å². The second kappa shape index (κ2) is 4.77. The van der Waals surface area contributed by atoms with Gasteiger partial charge >= 0.3 is 0 Å². The molecule has 3 N–H and O–H groups in total. The molecule has 1 unspecified atom stereocenters. The summed E-state index contributed by atoms with van der Waals surface area (Å²) in [6, 6.07) is 3.08. The third-order valence-corrected chi connectivity index (χ3v) is 1.94. The van der Waals surface area contributed by atoms with Crippen LogP contribution in [0.3, 0.4) is 0 Å². The van der Waals surface area contributed by atoms with E-state index in [1.807, 2.05) is 0 Å². The SMILES string of the molecule is NC(CO)Cc1cc(Cl)nc(Cl)c1. The van der Waals surface area contributed by atoms with Crippen molar-refractivity contribution in [2.24, 2.45) is 5.73 Å². The fraction of sp³-hybridized carbons (Fsp3) is 0.375. The first kappa shape index (κ1) is 10.7. The van der Waals surface area contributed by atoms with E-state index < -0.39 is 0 Å². The number of aliphatic hydroxyl groups excluding tert-OH is 1. The van der Waals surface area contributed by atoms with Crippen molar-refractivity contribution < 1.29 is 5.11 Å². The Labute approximate surface area is 86.5 Å². The van der Waals surface area contributed by atoms with Crippen LogP contribution in [0.5, 0.6) is 0 Å². The molecule has 72 valence electrons. The van der Waals surface area contributed by atoms with Gasteiger partial charge in [-0.3, -0.25) is 0 Å². The van der Waals surface area contributed by atoms with E-state index in [4.69, 9.17) is 34.0 Å². The zero-order valence-electron chi connectivity index (χ0n) is 6.87. The van der Waals surface area contributed by atoms with E-state index in [0.29, 0.717) is 16.7 Å². The first-order valence-corrected chi connectivity index (χ1v) is 4.56. The van der Waals surface area contributed by atoms with Gasteiger partial charge in [-0.15, -0.1) is 0 Å². The van der Waals surface area contributed by atoms with Crippen molar-refractivity contribution in [1.82, 2.24) is 4.98 Å². The summed E-state index contributed by atoms with van der Waals surface area (Å²) in [6.07, 6.45) is 0.540. The van der Waals surface area contributed by atoms with E-state index in [-0.39, 0.29) is 12.6 Å². The molecule has 0 aliphatic rings. The van der Waals surface area contributed by atoms with Gasteiger partial charge in [-0.25, -0.2) is 4.98 Å². The molecule has 3 nitrogen and oxygen atoms in total. The third-order valence-electron chi connectivity index (χ3n) is 1.56. The van der Waals surface area contributed by atoms with Gasteiger partial charge in [0.25, 0.3) is 0 Å². The molecule has 0 saturated carbocycles. The van der Waals surface area contributed by atoms with E-state index in [0.717, 1.165) is 5.56 Å². The Kier molecular flexibility index (Phi) is 3.93. The normalized spacial score (nSPS) is 12.9. The van der Waals surface area contributed by atoms with Crippen LogP contribution < -0.4 is 5.73 Å². The molecule has 0 bridgehead atoms. The number of halogens is 2. The van der Waals surface area contributed by atoms with Crippen LogP contribution in [-0.2, 0) is 6.42 Å². The number of hydrogen-bond donors (Lipinski definition) is 2. The molecular weight excluding hydrogens is 211 g/mol. The molecule has 0 saturated heterocycles. The second-order valence-corrected chi connectivity index (χ2v) is 3.54. The molecule has 0 fully saturated rings. The van der Waals surface area contributed by atoms with Gasteiger partial charge in [-0.2, -0.15) is 0 Å². The fourth-order valence-corrected chi connectivity index (χ4v) is 1.51. The molecule has 0 aromatic carbocycles.